The van der Waals surface area contributed by atoms with Crippen molar-refractivity contribution in [1.82, 2.24) is 4.90 Å². The Balaban J connectivity index is 1.51. The second-order valence-electron chi connectivity index (χ2n) is 6.79. The van der Waals surface area contributed by atoms with E-state index in [4.69, 9.17) is 0 Å². The van der Waals surface area contributed by atoms with E-state index in [1.165, 1.54) is 63.2 Å². The zero-order chi connectivity index (χ0) is 14.7. The van der Waals surface area contributed by atoms with E-state index in [-0.39, 0.29) is 0 Å². The SMILES string of the molecule is CC(C)N1CCC(Nc2ccc(N3CCCC3)cc2)CC1. The molecule has 0 bridgehead atoms. The van der Waals surface area contributed by atoms with Crippen LogP contribution >= 0.6 is 0 Å². The van der Waals surface area contributed by atoms with Gasteiger partial charge in [-0.3, -0.25) is 0 Å². The van der Waals surface area contributed by atoms with Gasteiger partial charge in [0.25, 0.3) is 0 Å². The molecule has 21 heavy (non-hydrogen) atoms. The molecule has 3 rings (SSSR count). The van der Waals surface area contributed by atoms with E-state index in [1.54, 1.807) is 0 Å². The summed E-state index contributed by atoms with van der Waals surface area (Å²) in [5.74, 6) is 0. The van der Waals surface area contributed by atoms with Crippen LogP contribution in [0.5, 0.6) is 0 Å². The Labute approximate surface area is 129 Å². The summed E-state index contributed by atoms with van der Waals surface area (Å²) in [6.45, 7) is 9.49. The summed E-state index contributed by atoms with van der Waals surface area (Å²) in [6, 6.07) is 10.4. The fourth-order valence-electron chi connectivity index (χ4n) is 3.54. The van der Waals surface area contributed by atoms with Crippen molar-refractivity contribution in [2.45, 2.75) is 51.6 Å². The zero-order valence-corrected chi connectivity index (χ0v) is 13.5. The molecule has 0 radical (unpaired) electrons. The van der Waals surface area contributed by atoms with Crippen molar-refractivity contribution in [3.05, 3.63) is 24.3 Å². The number of piperidine rings is 1. The van der Waals surface area contributed by atoms with Crippen molar-refractivity contribution in [3.63, 3.8) is 0 Å². The number of likely N-dealkylation sites (tertiary alicyclic amines) is 1. The number of nitrogens with zero attached hydrogens (tertiary/aromatic N) is 2. The molecule has 0 atom stereocenters. The number of hydrogen-bond acceptors (Lipinski definition) is 3. The molecule has 2 aliphatic rings. The van der Waals surface area contributed by atoms with E-state index < -0.39 is 0 Å². The number of benzene rings is 1. The molecule has 116 valence electrons. The minimum atomic E-state index is 0.637. The number of anilines is 2. The number of nitrogens with one attached hydrogen (secondary N) is 1. The minimum Gasteiger partial charge on any atom is -0.382 e. The molecule has 0 aliphatic carbocycles. The van der Waals surface area contributed by atoms with Crippen LogP contribution in [0.2, 0.25) is 0 Å². The summed E-state index contributed by atoms with van der Waals surface area (Å²) in [6.07, 6.45) is 5.20. The number of rotatable bonds is 4. The van der Waals surface area contributed by atoms with Crippen LogP contribution in [0.15, 0.2) is 24.3 Å². The van der Waals surface area contributed by atoms with Crippen LogP contribution in [-0.4, -0.2) is 43.2 Å². The molecule has 0 saturated carbocycles. The van der Waals surface area contributed by atoms with Gasteiger partial charge in [-0.05, 0) is 63.8 Å². The van der Waals surface area contributed by atoms with Gasteiger partial charge in [-0.1, -0.05) is 0 Å². The Morgan fingerprint density at radius 3 is 2.14 bits per heavy atom. The molecule has 0 spiro atoms. The van der Waals surface area contributed by atoms with Crippen molar-refractivity contribution >= 4 is 11.4 Å². The molecule has 0 unspecified atom stereocenters. The second-order valence-corrected chi connectivity index (χ2v) is 6.79. The predicted octanol–water partition coefficient (Wildman–Crippen LogP) is 3.57. The van der Waals surface area contributed by atoms with E-state index in [0.29, 0.717) is 12.1 Å². The molecule has 2 saturated heterocycles. The van der Waals surface area contributed by atoms with Crippen LogP contribution in [0.4, 0.5) is 11.4 Å². The monoisotopic (exact) mass is 287 g/mol. The van der Waals surface area contributed by atoms with Gasteiger partial charge in [-0.25, -0.2) is 0 Å². The van der Waals surface area contributed by atoms with E-state index in [9.17, 15) is 0 Å². The van der Waals surface area contributed by atoms with Crippen LogP contribution in [0, 0.1) is 0 Å². The van der Waals surface area contributed by atoms with E-state index in [2.05, 4.69) is 53.2 Å². The van der Waals surface area contributed by atoms with Gasteiger partial charge < -0.3 is 15.1 Å². The van der Waals surface area contributed by atoms with Gasteiger partial charge in [-0.15, -0.1) is 0 Å². The molecule has 0 aromatic heterocycles. The highest BCUT2D eigenvalue weighted by Crippen LogP contribution is 2.23. The van der Waals surface area contributed by atoms with Crippen LogP contribution < -0.4 is 10.2 Å². The minimum absolute atomic E-state index is 0.637. The molecule has 1 aromatic carbocycles. The maximum Gasteiger partial charge on any atom is 0.0367 e. The van der Waals surface area contributed by atoms with Gasteiger partial charge in [0.1, 0.15) is 0 Å². The second kappa shape index (κ2) is 6.69. The number of hydrogen-bond donors (Lipinski definition) is 1. The van der Waals surface area contributed by atoms with E-state index in [1.807, 2.05) is 0 Å². The molecule has 1 aromatic rings. The topological polar surface area (TPSA) is 18.5 Å². The summed E-state index contributed by atoms with van der Waals surface area (Å²) in [5.41, 5.74) is 2.66. The van der Waals surface area contributed by atoms with Crippen LogP contribution in [-0.2, 0) is 0 Å². The average Bonchev–Trinajstić information content (AvgIpc) is 3.03. The van der Waals surface area contributed by atoms with Crippen LogP contribution in [0.25, 0.3) is 0 Å². The lowest BCUT2D eigenvalue weighted by atomic mass is 10.0. The van der Waals surface area contributed by atoms with Gasteiger partial charge in [0.05, 0.1) is 0 Å². The lowest BCUT2D eigenvalue weighted by Crippen LogP contribution is -2.42. The summed E-state index contributed by atoms with van der Waals surface area (Å²) < 4.78 is 0. The summed E-state index contributed by atoms with van der Waals surface area (Å²) in [7, 11) is 0. The first kappa shape index (κ1) is 14.7. The summed E-state index contributed by atoms with van der Waals surface area (Å²) in [5, 5.41) is 3.71. The molecule has 1 N–H and O–H groups in total. The summed E-state index contributed by atoms with van der Waals surface area (Å²) >= 11 is 0. The molecule has 2 heterocycles. The normalized spacial score (nSPS) is 21.2. The first-order valence-electron chi connectivity index (χ1n) is 8.58. The van der Waals surface area contributed by atoms with Gasteiger partial charge >= 0.3 is 0 Å². The van der Waals surface area contributed by atoms with Crippen LogP contribution in [0.1, 0.15) is 39.5 Å². The summed E-state index contributed by atoms with van der Waals surface area (Å²) in [4.78, 5) is 5.07. The predicted molar refractivity (Wildman–Crippen MR) is 91.2 cm³/mol. The largest absolute Gasteiger partial charge is 0.382 e. The van der Waals surface area contributed by atoms with Gasteiger partial charge in [-0.2, -0.15) is 0 Å². The first-order valence-corrected chi connectivity index (χ1v) is 8.58. The smallest absolute Gasteiger partial charge is 0.0367 e. The average molecular weight is 287 g/mol. The Morgan fingerprint density at radius 2 is 1.57 bits per heavy atom. The quantitative estimate of drug-likeness (QED) is 0.913. The van der Waals surface area contributed by atoms with Crippen molar-refractivity contribution in [1.29, 1.82) is 0 Å². The molecule has 2 fully saturated rings. The molecule has 2 aliphatic heterocycles. The van der Waals surface area contributed by atoms with E-state index >= 15 is 0 Å². The fraction of sp³-hybridized carbons (Fsp3) is 0.667. The fourth-order valence-corrected chi connectivity index (χ4v) is 3.54. The third-order valence-electron chi connectivity index (χ3n) is 4.97. The maximum absolute atomic E-state index is 3.71. The molecular formula is C18H29N3. The third-order valence-corrected chi connectivity index (χ3v) is 4.97. The Bertz CT molecular complexity index is 426. The van der Waals surface area contributed by atoms with Gasteiger partial charge in [0.2, 0.25) is 0 Å². The van der Waals surface area contributed by atoms with E-state index in [0.717, 1.165) is 0 Å². The van der Waals surface area contributed by atoms with Gasteiger partial charge in [0, 0.05) is 49.6 Å². The van der Waals surface area contributed by atoms with Crippen molar-refractivity contribution in [2.75, 3.05) is 36.4 Å². The molecule has 3 heteroatoms. The lowest BCUT2D eigenvalue weighted by Gasteiger charge is -2.35. The lowest BCUT2D eigenvalue weighted by molar-refractivity contribution is 0.177. The maximum atomic E-state index is 3.71. The van der Waals surface area contributed by atoms with Crippen molar-refractivity contribution in [2.24, 2.45) is 0 Å². The Morgan fingerprint density at radius 1 is 0.952 bits per heavy atom. The Kier molecular flexibility index (Phi) is 4.69. The third kappa shape index (κ3) is 3.70. The highest BCUT2D eigenvalue weighted by atomic mass is 15.2. The molecular weight excluding hydrogens is 258 g/mol. The van der Waals surface area contributed by atoms with Crippen LogP contribution in [0.3, 0.4) is 0 Å². The first-order chi connectivity index (χ1) is 10.2. The highest BCUT2D eigenvalue weighted by molar-refractivity contribution is 5.55. The molecule has 3 nitrogen and oxygen atoms in total. The van der Waals surface area contributed by atoms with Crippen molar-refractivity contribution < 1.29 is 0 Å². The zero-order valence-electron chi connectivity index (χ0n) is 13.5. The van der Waals surface area contributed by atoms with Gasteiger partial charge in [0.15, 0.2) is 0 Å². The molecule has 0 amide bonds. The Hall–Kier alpha value is -1.22. The van der Waals surface area contributed by atoms with Crippen molar-refractivity contribution in [3.8, 4) is 0 Å². The highest BCUT2D eigenvalue weighted by Gasteiger charge is 2.20. The standard InChI is InChI=1S/C18H29N3/c1-15(2)20-13-9-17(10-14-20)19-16-5-7-18(8-6-16)21-11-3-4-12-21/h5-8,15,17,19H,3-4,9-14H2,1-2H3.